The summed E-state index contributed by atoms with van der Waals surface area (Å²) in [4.78, 5) is 62.2. The standard InChI is InChI=1S/C40H50FN5O9S/c1-21-6-4-5-7-25-19-40(25,38(49)45-56(51,52)28-8-9-28)44-35(47)31-18-27(54-36-30-10-11-32(53-3)33(41)29(30)12-13-42-36)20-46(31)37(48)34(22(2)14-21)43-39(50)55-26-16-23-15-24(23)17-26/h5,7,10-13,21-28,31,34H,4,6,8-9,14-20H2,1-3H3,(H,43,50)(H,44,47)(H,45,49)/b7-5-/t21-,22+,23-,24+,25+,26?,27+,31-,34-,40+/m0/s1. The van der Waals surface area contributed by atoms with Crippen molar-refractivity contribution >= 4 is 44.6 Å². The molecule has 5 fully saturated rings. The number of allylic oxidation sites excluding steroid dienone is 1. The number of hydrogen-bond acceptors (Lipinski definition) is 10. The Hall–Kier alpha value is -4.47. The molecule has 16 heteroatoms. The molecule has 0 spiro atoms. The van der Waals surface area contributed by atoms with Crippen molar-refractivity contribution < 1.29 is 46.2 Å². The number of hydrogen-bond donors (Lipinski definition) is 3. The van der Waals surface area contributed by atoms with Gasteiger partial charge in [0, 0.05) is 29.3 Å². The number of aromatic nitrogens is 1. The van der Waals surface area contributed by atoms with Crippen LogP contribution >= 0.6 is 0 Å². The second-order valence-corrected chi connectivity index (χ2v) is 18.9. The third-order valence-electron chi connectivity index (χ3n) is 12.7. The van der Waals surface area contributed by atoms with Crippen molar-refractivity contribution in [1.29, 1.82) is 0 Å². The number of amides is 4. The minimum Gasteiger partial charge on any atom is -0.494 e. The van der Waals surface area contributed by atoms with E-state index in [4.69, 9.17) is 14.2 Å². The van der Waals surface area contributed by atoms with Crippen molar-refractivity contribution in [1.82, 2.24) is 25.2 Å². The lowest BCUT2D eigenvalue weighted by molar-refractivity contribution is -0.142. The minimum atomic E-state index is -3.92. The molecule has 10 atom stereocenters. The third-order valence-corrected chi connectivity index (χ3v) is 14.5. The van der Waals surface area contributed by atoms with Crippen LogP contribution in [0.25, 0.3) is 10.8 Å². The van der Waals surface area contributed by atoms with E-state index in [0.717, 1.165) is 25.7 Å². The number of sulfonamides is 1. The molecule has 2 aromatic rings. The quantitative estimate of drug-likeness (QED) is 0.329. The van der Waals surface area contributed by atoms with Gasteiger partial charge in [0.2, 0.25) is 27.7 Å². The van der Waals surface area contributed by atoms with Gasteiger partial charge in [0.25, 0.3) is 5.91 Å². The number of carbonyl (C=O) groups is 4. The molecule has 0 radical (unpaired) electrons. The number of carbonyl (C=O) groups excluding carboxylic acids is 4. The molecule has 302 valence electrons. The Labute approximate surface area is 325 Å². The van der Waals surface area contributed by atoms with Crippen LogP contribution < -0.4 is 24.8 Å². The molecule has 4 aliphatic carbocycles. The molecule has 56 heavy (non-hydrogen) atoms. The molecule has 0 bridgehead atoms. The zero-order valence-corrected chi connectivity index (χ0v) is 32.7. The van der Waals surface area contributed by atoms with E-state index in [1.165, 1.54) is 30.3 Å². The molecule has 6 aliphatic rings. The van der Waals surface area contributed by atoms with E-state index in [9.17, 15) is 27.6 Å². The van der Waals surface area contributed by atoms with Gasteiger partial charge in [-0.05, 0) is 99.7 Å². The summed E-state index contributed by atoms with van der Waals surface area (Å²) < 4.78 is 60.5. The highest BCUT2D eigenvalue weighted by Crippen LogP contribution is 2.52. The number of nitrogens with zero attached hydrogens (tertiary/aromatic N) is 2. The van der Waals surface area contributed by atoms with Gasteiger partial charge in [0.15, 0.2) is 11.6 Å². The van der Waals surface area contributed by atoms with Crippen molar-refractivity contribution in [2.45, 2.75) is 113 Å². The number of halogens is 1. The molecule has 2 aliphatic heterocycles. The number of alkyl carbamates (subject to hydrolysis) is 1. The number of rotatable bonds is 8. The highest BCUT2D eigenvalue weighted by Gasteiger charge is 2.62. The van der Waals surface area contributed by atoms with Gasteiger partial charge >= 0.3 is 6.09 Å². The monoisotopic (exact) mass is 795 g/mol. The Morgan fingerprint density at radius 3 is 2.50 bits per heavy atom. The third kappa shape index (κ3) is 7.64. The molecular weight excluding hydrogens is 746 g/mol. The molecule has 3 N–H and O–H groups in total. The first kappa shape index (κ1) is 38.4. The maximum absolute atomic E-state index is 15.2. The van der Waals surface area contributed by atoms with E-state index in [1.807, 2.05) is 19.1 Å². The normalized spacial score (nSPS) is 34.8. The van der Waals surface area contributed by atoms with E-state index in [1.54, 1.807) is 6.07 Å². The van der Waals surface area contributed by atoms with E-state index in [0.29, 0.717) is 42.9 Å². The number of benzene rings is 1. The Morgan fingerprint density at radius 1 is 1.00 bits per heavy atom. The van der Waals surface area contributed by atoms with Gasteiger partial charge in [-0.1, -0.05) is 26.0 Å². The Bertz CT molecular complexity index is 2050. The molecule has 1 saturated heterocycles. The SMILES string of the molecule is COc1ccc2c(O[C@@H]3C[C@H]4C(=O)N[C@]5(C(=O)NS(=O)(=O)C6CC6)C[C@H]5/C=C\CC[C@H](C)C[C@@H](C)[C@H](NC(=O)OC5C[C@@H]6C[C@@H]6C5)C(=O)N4C3)nccc2c1F. The van der Waals surface area contributed by atoms with Gasteiger partial charge in [-0.15, -0.1) is 0 Å². The van der Waals surface area contributed by atoms with E-state index >= 15 is 4.39 Å². The summed E-state index contributed by atoms with van der Waals surface area (Å²) >= 11 is 0. The van der Waals surface area contributed by atoms with Crippen LogP contribution in [0.2, 0.25) is 0 Å². The number of pyridine rings is 1. The lowest BCUT2D eigenvalue weighted by Crippen LogP contribution is -2.59. The second kappa shape index (κ2) is 14.8. The van der Waals surface area contributed by atoms with Gasteiger partial charge in [0.05, 0.1) is 18.9 Å². The van der Waals surface area contributed by atoms with Crippen molar-refractivity contribution in [2.75, 3.05) is 13.7 Å². The molecule has 1 unspecified atom stereocenters. The summed E-state index contributed by atoms with van der Waals surface area (Å²) in [6.07, 6.45) is 9.36. The van der Waals surface area contributed by atoms with Crippen LogP contribution in [-0.4, -0.2) is 90.9 Å². The molecule has 4 saturated carbocycles. The van der Waals surface area contributed by atoms with Crippen LogP contribution in [0.15, 0.2) is 36.5 Å². The summed E-state index contributed by atoms with van der Waals surface area (Å²) in [5, 5.41) is 5.67. The van der Waals surface area contributed by atoms with Crippen molar-refractivity contribution in [3.63, 3.8) is 0 Å². The first-order valence-electron chi connectivity index (χ1n) is 19.9. The van der Waals surface area contributed by atoms with E-state index in [2.05, 4.69) is 27.3 Å². The predicted octanol–water partition coefficient (Wildman–Crippen LogP) is 4.12. The fourth-order valence-corrected chi connectivity index (χ4v) is 10.5. The largest absolute Gasteiger partial charge is 0.494 e. The van der Waals surface area contributed by atoms with Crippen LogP contribution in [0.5, 0.6) is 11.6 Å². The molecule has 3 heterocycles. The fraction of sp³-hybridized carbons (Fsp3) is 0.625. The van der Waals surface area contributed by atoms with Gasteiger partial charge in [-0.2, -0.15) is 0 Å². The molecule has 4 amide bonds. The lowest BCUT2D eigenvalue weighted by atomic mass is 9.88. The van der Waals surface area contributed by atoms with Gasteiger partial charge < -0.3 is 29.7 Å². The number of nitrogens with one attached hydrogen (secondary N) is 3. The first-order chi connectivity index (χ1) is 26.8. The highest BCUT2D eigenvalue weighted by atomic mass is 32.2. The van der Waals surface area contributed by atoms with Crippen molar-refractivity contribution in [3.8, 4) is 11.6 Å². The zero-order chi connectivity index (χ0) is 39.5. The van der Waals surface area contributed by atoms with Crippen LogP contribution in [0.4, 0.5) is 9.18 Å². The minimum absolute atomic E-state index is 0.0281. The molecule has 14 nitrogen and oxygen atoms in total. The van der Waals surface area contributed by atoms with Crippen LogP contribution in [-0.2, 0) is 29.1 Å². The van der Waals surface area contributed by atoms with Gasteiger partial charge in [0.1, 0.15) is 29.8 Å². The van der Waals surface area contributed by atoms with Crippen LogP contribution in [0.3, 0.4) is 0 Å². The highest BCUT2D eigenvalue weighted by molar-refractivity contribution is 7.91. The summed E-state index contributed by atoms with van der Waals surface area (Å²) in [7, 11) is -2.56. The zero-order valence-electron chi connectivity index (χ0n) is 31.9. The summed E-state index contributed by atoms with van der Waals surface area (Å²) in [6, 6.07) is 2.35. The smallest absolute Gasteiger partial charge is 0.408 e. The maximum atomic E-state index is 15.2. The summed E-state index contributed by atoms with van der Waals surface area (Å²) in [5.74, 6) is -1.94. The second-order valence-electron chi connectivity index (χ2n) is 16.9. The molecular formula is C40H50FN5O9S. The fourth-order valence-electron chi connectivity index (χ4n) is 9.15. The van der Waals surface area contributed by atoms with E-state index in [-0.39, 0.29) is 54.3 Å². The van der Waals surface area contributed by atoms with Gasteiger partial charge in [-0.25, -0.2) is 22.6 Å². The average Bonchev–Trinajstić information content (AvgIpc) is 4.12. The molecule has 1 aromatic carbocycles. The van der Waals surface area contributed by atoms with Crippen molar-refractivity contribution in [3.05, 3.63) is 42.4 Å². The van der Waals surface area contributed by atoms with Gasteiger partial charge in [-0.3, -0.25) is 19.1 Å². The Balaban J connectivity index is 1.10. The Morgan fingerprint density at radius 2 is 1.77 bits per heavy atom. The Kier molecular flexibility index (Phi) is 10.1. The first-order valence-corrected chi connectivity index (χ1v) is 21.4. The van der Waals surface area contributed by atoms with Crippen LogP contribution in [0.1, 0.15) is 78.1 Å². The molecule has 1 aromatic heterocycles. The molecule has 8 rings (SSSR count). The summed E-state index contributed by atoms with van der Waals surface area (Å²) in [6.45, 7) is 3.89. The summed E-state index contributed by atoms with van der Waals surface area (Å²) in [5.41, 5.74) is -1.54. The van der Waals surface area contributed by atoms with E-state index < -0.39 is 74.5 Å². The number of ether oxygens (including phenoxy) is 3. The van der Waals surface area contributed by atoms with Crippen LogP contribution in [0, 0.1) is 35.4 Å². The lowest BCUT2D eigenvalue weighted by Gasteiger charge is -2.33. The number of methoxy groups -OCH3 is 1. The van der Waals surface area contributed by atoms with Crippen molar-refractivity contribution in [2.24, 2.45) is 29.6 Å². The average molecular weight is 796 g/mol. The topological polar surface area (TPSA) is 182 Å². The maximum Gasteiger partial charge on any atom is 0.408 e. The number of fused-ring (bicyclic) bond motifs is 4. The predicted molar refractivity (Wildman–Crippen MR) is 201 cm³/mol.